The molecule has 8 heteroatoms. The lowest BCUT2D eigenvalue weighted by atomic mass is 9.82. The maximum Gasteiger partial charge on any atom is 0.233 e. The van der Waals surface area contributed by atoms with Crippen molar-refractivity contribution >= 4 is 54.5 Å². The van der Waals surface area contributed by atoms with Crippen molar-refractivity contribution in [1.82, 2.24) is 0 Å². The summed E-state index contributed by atoms with van der Waals surface area (Å²) in [5, 5.41) is 0.948. The fourth-order valence-electron chi connectivity index (χ4n) is 1.59. The van der Waals surface area contributed by atoms with Crippen molar-refractivity contribution in [3.05, 3.63) is 27.2 Å². The van der Waals surface area contributed by atoms with Crippen LogP contribution >= 0.6 is 45.5 Å². The molecule has 1 unspecified atom stereocenters. The van der Waals surface area contributed by atoms with E-state index in [9.17, 15) is 8.42 Å². The van der Waals surface area contributed by atoms with E-state index in [1.807, 2.05) is 20.8 Å². The average Bonchev–Trinajstić information content (AvgIpc) is 2.27. The summed E-state index contributed by atoms with van der Waals surface area (Å²) in [5.74, 6) is -0.130. The normalized spacial score (nSPS) is 14.0. The molecule has 21 heavy (non-hydrogen) atoms. The van der Waals surface area contributed by atoms with Crippen molar-refractivity contribution in [2.24, 2.45) is 11.3 Å². The van der Waals surface area contributed by atoms with Gasteiger partial charge < -0.3 is 4.74 Å². The number of rotatable bonds is 5. The van der Waals surface area contributed by atoms with Crippen molar-refractivity contribution < 1.29 is 13.2 Å². The topological polar surface area (TPSA) is 43.4 Å². The molecule has 0 aliphatic heterocycles. The molecule has 1 atom stereocenters. The van der Waals surface area contributed by atoms with Crippen LogP contribution in [0, 0.1) is 11.3 Å². The van der Waals surface area contributed by atoms with Crippen LogP contribution in [-0.2, 0) is 9.05 Å². The summed E-state index contributed by atoms with van der Waals surface area (Å²) >= 11 is 17.8. The minimum Gasteiger partial charge on any atom is -0.492 e. The summed E-state index contributed by atoms with van der Waals surface area (Å²) in [4.78, 5) is 0. The Hall–Kier alpha value is 0.130. The van der Waals surface area contributed by atoms with Crippen LogP contribution < -0.4 is 4.74 Å². The summed E-state index contributed by atoms with van der Waals surface area (Å²) < 4.78 is 28.2. The van der Waals surface area contributed by atoms with Gasteiger partial charge in [-0.25, -0.2) is 8.42 Å². The molecular weight excluding hydrogens is 378 g/mol. The van der Waals surface area contributed by atoms with Crippen molar-refractivity contribution in [2.45, 2.75) is 20.8 Å². The van der Waals surface area contributed by atoms with Crippen LogP contribution in [0.3, 0.4) is 0 Å². The lowest BCUT2D eigenvalue weighted by Crippen LogP contribution is -2.31. The van der Waals surface area contributed by atoms with Crippen LogP contribution in [0.4, 0.5) is 0 Å². The largest absolute Gasteiger partial charge is 0.492 e. The Labute approximate surface area is 144 Å². The Bertz CT molecular complexity index is 609. The number of benzene rings is 1. The molecule has 0 heterocycles. The maximum atomic E-state index is 11.3. The highest BCUT2D eigenvalue weighted by molar-refractivity contribution is 8.13. The van der Waals surface area contributed by atoms with E-state index in [-0.39, 0.29) is 23.7 Å². The van der Waals surface area contributed by atoms with Crippen LogP contribution in [0.15, 0.2) is 12.1 Å². The summed E-state index contributed by atoms with van der Waals surface area (Å²) in [6.45, 7) is 5.89. The molecule has 1 aromatic carbocycles. The number of hydrogen-bond acceptors (Lipinski definition) is 3. The first kappa shape index (κ1) is 19.2. The van der Waals surface area contributed by atoms with E-state index >= 15 is 0 Å². The van der Waals surface area contributed by atoms with Crippen molar-refractivity contribution in [3.63, 3.8) is 0 Å². The first-order valence-corrected chi connectivity index (χ1v) is 9.71. The first-order chi connectivity index (χ1) is 9.40. The van der Waals surface area contributed by atoms with Crippen molar-refractivity contribution in [3.8, 4) is 5.75 Å². The monoisotopic (exact) mass is 392 g/mol. The first-order valence-electron chi connectivity index (χ1n) is 6.10. The van der Waals surface area contributed by atoms with Crippen LogP contribution in [-0.4, -0.2) is 20.8 Å². The van der Waals surface area contributed by atoms with Crippen LogP contribution in [0.5, 0.6) is 5.75 Å². The molecule has 120 valence electrons. The molecule has 1 aromatic rings. The fraction of sp³-hybridized carbons (Fsp3) is 0.538. The highest BCUT2D eigenvalue weighted by Gasteiger charge is 2.30. The van der Waals surface area contributed by atoms with Gasteiger partial charge in [0.1, 0.15) is 5.75 Å². The second-order valence-corrected chi connectivity index (χ2v) is 9.82. The van der Waals surface area contributed by atoms with E-state index in [0.717, 1.165) is 0 Å². The summed E-state index contributed by atoms with van der Waals surface area (Å²) in [6.07, 6.45) is 0. The Morgan fingerprint density at radius 1 is 1.10 bits per heavy atom. The van der Waals surface area contributed by atoms with Gasteiger partial charge in [0, 0.05) is 22.7 Å². The molecule has 0 spiro atoms. The minimum absolute atomic E-state index is 0.146. The smallest absolute Gasteiger partial charge is 0.233 e. The van der Waals surface area contributed by atoms with E-state index in [0.29, 0.717) is 20.8 Å². The Kier molecular flexibility index (Phi) is 6.52. The second kappa shape index (κ2) is 7.14. The molecule has 3 nitrogen and oxygen atoms in total. The highest BCUT2D eigenvalue weighted by atomic mass is 35.7. The number of hydrogen-bond donors (Lipinski definition) is 0. The molecule has 0 fully saturated rings. The summed E-state index contributed by atoms with van der Waals surface area (Å²) in [5.41, 5.74) is -0.301. The van der Waals surface area contributed by atoms with E-state index in [1.54, 1.807) is 0 Å². The molecule has 1 rings (SSSR count). The van der Waals surface area contributed by atoms with Gasteiger partial charge in [-0.1, -0.05) is 55.6 Å². The molecule has 0 saturated heterocycles. The zero-order chi connectivity index (χ0) is 16.4. The third-order valence-electron chi connectivity index (χ3n) is 3.04. The van der Waals surface area contributed by atoms with E-state index in [4.69, 9.17) is 50.2 Å². The molecule has 0 aliphatic carbocycles. The van der Waals surface area contributed by atoms with Gasteiger partial charge in [-0.15, -0.1) is 0 Å². The van der Waals surface area contributed by atoms with Gasteiger partial charge in [0.2, 0.25) is 9.05 Å². The van der Waals surface area contributed by atoms with Crippen molar-refractivity contribution in [1.29, 1.82) is 0 Å². The van der Waals surface area contributed by atoms with Gasteiger partial charge in [0.05, 0.1) is 27.4 Å². The molecule has 0 aliphatic rings. The predicted molar refractivity (Wildman–Crippen MR) is 89.6 cm³/mol. The van der Waals surface area contributed by atoms with Crippen LogP contribution in [0.25, 0.3) is 0 Å². The Morgan fingerprint density at radius 2 is 1.62 bits per heavy atom. The Morgan fingerprint density at radius 3 is 2.10 bits per heavy atom. The van der Waals surface area contributed by atoms with E-state index < -0.39 is 9.05 Å². The van der Waals surface area contributed by atoms with Crippen LogP contribution in [0.1, 0.15) is 20.8 Å². The van der Waals surface area contributed by atoms with Gasteiger partial charge in [0.25, 0.3) is 0 Å². The Balaban J connectivity index is 2.90. The molecule has 0 N–H and O–H groups in total. The van der Waals surface area contributed by atoms with Gasteiger partial charge in [0.15, 0.2) is 0 Å². The lowest BCUT2D eigenvalue weighted by molar-refractivity contribution is 0.163. The van der Waals surface area contributed by atoms with Crippen molar-refractivity contribution in [2.75, 3.05) is 12.4 Å². The van der Waals surface area contributed by atoms with Gasteiger partial charge in [-0.2, -0.15) is 0 Å². The molecule has 0 aromatic heterocycles. The lowest BCUT2D eigenvalue weighted by Gasteiger charge is -2.29. The molecule has 0 bridgehead atoms. The highest BCUT2D eigenvalue weighted by Crippen LogP contribution is 2.35. The average molecular weight is 394 g/mol. The molecule has 0 saturated carbocycles. The van der Waals surface area contributed by atoms with Gasteiger partial charge in [-0.05, 0) is 11.5 Å². The molecule has 0 amide bonds. The summed E-state index contributed by atoms with van der Waals surface area (Å²) in [6, 6.07) is 2.98. The van der Waals surface area contributed by atoms with Gasteiger partial charge >= 0.3 is 0 Å². The standard InChI is InChI=1S/C13H16Cl4O3S/c1-13(2,3)8(7-21(17,18)19)6-20-12-5-10(15)9(14)4-11(12)16/h4-5,8H,6-7H2,1-3H3. The number of ether oxygens (including phenoxy) is 1. The third kappa shape index (κ3) is 6.41. The molecular formula is C13H16Cl4O3S. The number of halogens is 4. The second-order valence-electron chi connectivity index (χ2n) is 5.78. The SMILES string of the molecule is CC(C)(C)C(COc1cc(Cl)c(Cl)cc1Cl)CS(=O)(=O)Cl. The zero-order valence-corrected chi connectivity index (χ0v) is 15.6. The predicted octanol–water partition coefficient (Wildman–Crippen LogP) is 5.26. The summed E-state index contributed by atoms with van der Waals surface area (Å²) in [7, 11) is 1.72. The van der Waals surface area contributed by atoms with E-state index in [1.165, 1.54) is 12.1 Å². The molecule has 0 radical (unpaired) electrons. The maximum absolute atomic E-state index is 11.3. The zero-order valence-electron chi connectivity index (χ0n) is 11.8. The van der Waals surface area contributed by atoms with E-state index in [2.05, 4.69) is 0 Å². The minimum atomic E-state index is -3.62. The fourth-order valence-corrected chi connectivity index (χ4v) is 3.72. The quantitative estimate of drug-likeness (QED) is 0.506. The van der Waals surface area contributed by atoms with Gasteiger partial charge in [-0.3, -0.25) is 0 Å². The third-order valence-corrected chi connectivity index (χ3v) is 5.24. The van der Waals surface area contributed by atoms with Crippen LogP contribution in [0.2, 0.25) is 15.1 Å².